The highest BCUT2D eigenvalue weighted by Crippen LogP contribution is 2.33. The molecule has 1 aromatic heterocycles. The minimum atomic E-state index is 0.303. The molecule has 2 aromatic rings. The van der Waals surface area contributed by atoms with Crippen molar-refractivity contribution in [2.75, 3.05) is 6.79 Å². The Labute approximate surface area is 80.7 Å². The van der Waals surface area contributed by atoms with Crippen LogP contribution in [0, 0.1) is 0 Å². The van der Waals surface area contributed by atoms with Crippen molar-refractivity contribution in [2.45, 2.75) is 0 Å². The summed E-state index contributed by atoms with van der Waals surface area (Å²) in [4.78, 5) is 0. The Bertz CT molecular complexity index is 451. The van der Waals surface area contributed by atoms with Gasteiger partial charge in [0, 0.05) is 18.5 Å². The van der Waals surface area contributed by atoms with Gasteiger partial charge in [0.15, 0.2) is 11.5 Å². The van der Waals surface area contributed by atoms with Crippen LogP contribution in [0.25, 0.3) is 5.69 Å². The third kappa shape index (κ3) is 1.04. The normalized spacial score (nSPS) is 13.1. The van der Waals surface area contributed by atoms with Crippen molar-refractivity contribution in [1.29, 1.82) is 0 Å². The number of fused-ring (bicyclic) bond motifs is 1. The maximum atomic E-state index is 5.27. The number of aromatic nitrogens is 2. The lowest BCUT2D eigenvalue weighted by molar-refractivity contribution is 0.174. The first-order valence-corrected chi connectivity index (χ1v) is 4.33. The lowest BCUT2D eigenvalue weighted by Gasteiger charge is -2.01. The Kier molecular flexibility index (Phi) is 1.47. The summed E-state index contributed by atoms with van der Waals surface area (Å²) in [6.45, 7) is 0.303. The minimum Gasteiger partial charge on any atom is -0.454 e. The maximum Gasteiger partial charge on any atom is 0.231 e. The van der Waals surface area contributed by atoms with Gasteiger partial charge < -0.3 is 9.47 Å². The van der Waals surface area contributed by atoms with E-state index in [4.69, 9.17) is 9.47 Å². The highest BCUT2D eigenvalue weighted by molar-refractivity contribution is 5.49. The van der Waals surface area contributed by atoms with E-state index in [0.717, 1.165) is 17.2 Å². The predicted octanol–water partition coefficient (Wildman–Crippen LogP) is 1.60. The minimum absolute atomic E-state index is 0.303. The predicted molar refractivity (Wildman–Crippen MR) is 49.7 cm³/mol. The number of rotatable bonds is 1. The van der Waals surface area contributed by atoms with Gasteiger partial charge in [-0.1, -0.05) is 0 Å². The second kappa shape index (κ2) is 2.77. The second-order valence-corrected chi connectivity index (χ2v) is 2.99. The summed E-state index contributed by atoms with van der Waals surface area (Å²) < 4.78 is 12.3. The third-order valence-electron chi connectivity index (χ3n) is 2.13. The van der Waals surface area contributed by atoms with E-state index in [2.05, 4.69) is 5.10 Å². The molecular weight excluding hydrogens is 180 g/mol. The Morgan fingerprint density at radius 3 is 3.00 bits per heavy atom. The van der Waals surface area contributed by atoms with E-state index in [1.807, 2.05) is 30.5 Å². The lowest BCUT2D eigenvalue weighted by atomic mass is 10.3. The van der Waals surface area contributed by atoms with E-state index in [1.54, 1.807) is 10.9 Å². The number of hydrogen-bond acceptors (Lipinski definition) is 3. The monoisotopic (exact) mass is 188 g/mol. The van der Waals surface area contributed by atoms with Gasteiger partial charge in [-0.05, 0) is 18.2 Å². The Morgan fingerprint density at radius 1 is 1.21 bits per heavy atom. The quantitative estimate of drug-likeness (QED) is 0.682. The van der Waals surface area contributed by atoms with Gasteiger partial charge in [-0.3, -0.25) is 0 Å². The molecule has 0 saturated heterocycles. The zero-order valence-electron chi connectivity index (χ0n) is 7.38. The topological polar surface area (TPSA) is 36.3 Å². The van der Waals surface area contributed by atoms with Crippen molar-refractivity contribution in [2.24, 2.45) is 0 Å². The number of hydrogen-bond donors (Lipinski definition) is 0. The molecule has 4 nitrogen and oxygen atoms in total. The van der Waals surface area contributed by atoms with E-state index in [0.29, 0.717) is 6.79 Å². The van der Waals surface area contributed by atoms with Gasteiger partial charge in [0.25, 0.3) is 0 Å². The molecule has 0 spiro atoms. The van der Waals surface area contributed by atoms with Crippen LogP contribution >= 0.6 is 0 Å². The van der Waals surface area contributed by atoms with Gasteiger partial charge >= 0.3 is 0 Å². The molecule has 0 radical (unpaired) electrons. The summed E-state index contributed by atoms with van der Waals surface area (Å²) in [6, 6.07) is 7.62. The van der Waals surface area contributed by atoms with Gasteiger partial charge in [0.05, 0.1) is 5.69 Å². The van der Waals surface area contributed by atoms with Crippen LogP contribution in [-0.2, 0) is 0 Å². The van der Waals surface area contributed by atoms with Crippen LogP contribution in [0.1, 0.15) is 0 Å². The van der Waals surface area contributed by atoms with Crippen LogP contribution in [0.4, 0.5) is 0 Å². The third-order valence-corrected chi connectivity index (χ3v) is 2.13. The fraction of sp³-hybridized carbons (Fsp3) is 0.100. The molecule has 1 aliphatic heterocycles. The fourth-order valence-electron chi connectivity index (χ4n) is 1.45. The van der Waals surface area contributed by atoms with Crippen molar-refractivity contribution >= 4 is 0 Å². The highest BCUT2D eigenvalue weighted by Gasteiger charge is 2.13. The van der Waals surface area contributed by atoms with Gasteiger partial charge in [0.2, 0.25) is 6.79 Å². The molecule has 70 valence electrons. The van der Waals surface area contributed by atoms with E-state index < -0.39 is 0 Å². The molecule has 1 aromatic carbocycles. The first-order valence-electron chi connectivity index (χ1n) is 4.33. The number of ether oxygens (including phenoxy) is 2. The van der Waals surface area contributed by atoms with Crippen LogP contribution in [0.15, 0.2) is 36.7 Å². The van der Waals surface area contributed by atoms with Crippen LogP contribution in [-0.4, -0.2) is 16.6 Å². The molecule has 0 fully saturated rings. The molecule has 2 heterocycles. The molecule has 0 saturated carbocycles. The Balaban J connectivity index is 2.09. The van der Waals surface area contributed by atoms with Gasteiger partial charge in [0.1, 0.15) is 0 Å². The molecule has 0 unspecified atom stereocenters. The van der Waals surface area contributed by atoms with E-state index in [9.17, 15) is 0 Å². The first kappa shape index (κ1) is 7.44. The molecule has 0 N–H and O–H groups in total. The van der Waals surface area contributed by atoms with Gasteiger partial charge in [-0.25, -0.2) is 4.68 Å². The van der Waals surface area contributed by atoms with Crippen molar-refractivity contribution in [1.82, 2.24) is 9.78 Å². The molecule has 3 rings (SSSR count). The summed E-state index contributed by atoms with van der Waals surface area (Å²) in [5.41, 5.74) is 0.972. The molecule has 0 atom stereocenters. The average molecular weight is 188 g/mol. The van der Waals surface area contributed by atoms with Crippen LogP contribution in [0.5, 0.6) is 11.5 Å². The molecule has 0 aliphatic carbocycles. The zero-order chi connectivity index (χ0) is 9.38. The standard InChI is InChI=1S/C10H8N2O2/c1-4-11-12(5-1)8-2-3-9-10(6-8)14-7-13-9/h1-6H,7H2. The number of benzene rings is 1. The molecule has 4 heteroatoms. The maximum absolute atomic E-state index is 5.27. The molecule has 0 bridgehead atoms. The summed E-state index contributed by atoms with van der Waals surface area (Å²) in [7, 11) is 0. The van der Waals surface area contributed by atoms with Crippen molar-refractivity contribution in [3.8, 4) is 17.2 Å². The summed E-state index contributed by atoms with van der Waals surface area (Å²) in [6.07, 6.45) is 3.63. The van der Waals surface area contributed by atoms with E-state index in [-0.39, 0.29) is 0 Å². The molecule has 0 amide bonds. The average Bonchev–Trinajstić information content (AvgIpc) is 2.88. The highest BCUT2D eigenvalue weighted by atomic mass is 16.7. The van der Waals surface area contributed by atoms with E-state index >= 15 is 0 Å². The summed E-state index contributed by atoms with van der Waals surface area (Å²) in [5, 5.41) is 4.13. The lowest BCUT2D eigenvalue weighted by Crippen LogP contribution is -1.94. The van der Waals surface area contributed by atoms with Crippen molar-refractivity contribution in [3.63, 3.8) is 0 Å². The Hall–Kier alpha value is -1.97. The first-order chi connectivity index (χ1) is 6.93. The van der Waals surface area contributed by atoms with Gasteiger partial charge in [-0.2, -0.15) is 5.10 Å². The van der Waals surface area contributed by atoms with Crippen LogP contribution in [0.2, 0.25) is 0 Å². The van der Waals surface area contributed by atoms with Crippen LogP contribution < -0.4 is 9.47 Å². The second-order valence-electron chi connectivity index (χ2n) is 2.99. The smallest absolute Gasteiger partial charge is 0.231 e. The van der Waals surface area contributed by atoms with E-state index in [1.165, 1.54) is 0 Å². The fourth-order valence-corrected chi connectivity index (χ4v) is 1.45. The molecular formula is C10H8N2O2. The van der Waals surface area contributed by atoms with Crippen molar-refractivity contribution < 1.29 is 9.47 Å². The summed E-state index contributed by atoms with van der Waals surface area (Å²) >= 11 is 0. The SMILES string of the molecule is c1cnn(-c2ccc3c(c2)OCO3)c1. The van der Waals surface area contributed by atoms with Gasteiger partial charge in [-0.15, -0.1) is 0 Å². The summed E-state index contributed by atoms with van der Waals surface area (Å²) in [5.74, 6) is 1.57. The molecule has 14 heavy (non-hydrogen) atoms. The van der Waals surface area contributed by atoms with Crippen LogP contribution in [0.3, 0.4) is 0 Å². The Morgan fingerprint density at radius 2 is 2.14 bits per heavy atom. The zero-order valence-corrected chi connectivity index (χ0v) is 7.38. The molecule has 1 aliphatic rings. The largest absolute Gasteiger partial charge is 0.454 e. The van der Waals surface area contributed by atoms with Crippen molar-refractivity contribution in [3.05, 3.63) is 36.7 Å². The number of nitrogens with zero attached hydrogens (tertiary/aromatic N) is 2.